The Labute approximate surface area is 119 Å². The van der Waals surface area contributed by atoms with Crippen LogP contribution in [0.2, 0.25) is 0 Å². The van der Waals surface area contributed by atoms with Gasteiger partial charge in [0.1, 0.15) is 12.4 Å². The molecule has 0 aliphatic heterocycles. The summed E-state index contributed by atoms with van der Waals surface area (Å²) in [6.07, 6.45) is 1.68. The van der Waals surface area contributed by atoms with E-state index >= 15 is 0 Å². The van der Waals surface area contributed by atoms with Crippen molar-refractivity contribution >= 4 is 11.9 Å². The van der Waals surface area contributed by atoms with E-state index in [1.165, 1.54) is 18.3 Å². The van der Waals surface area contributed by atoms with Gasteiger partial charge in [0.15, 0.2) is 5.69 Å². The van der Waals surface area contributed by atoms with Gasteiger partial charge in [-0.25, -0.2) is 13.9 Å². The molecule has 110 valence electrons. The first-order valence-corrected chi connectivity index (χ1v) is 6.19. The molecule has 21 heavy (non-hydrogen) atoms. The maximum atomic E-state index is 13.0. The molecule has 0 fully saturated rings. The number of benzene rings is 1. The largest absolute Gasteiger partial charge is 0.476 e. The molecule has 2 aromatic rings. The van der Waals surface area contributed by atoms with Gasteiger partial charge in [-0.1, -0.05) is 17.3 Å². The van der Waals surface area contributed by atoms with Crippen molar-refractivity contribution in [3.8, 4) is 0 Å². The van der Waals surface area contributed by atoms with E-state index in [1.807, 2.05) is 0 Å². The molecule has 0 radical (unpaired) electrons. The first-order valence-electron chi connectivity index (χ1n) is 6.19. The van der Waals surface area contributed by atoms with E-state index in [9.17, 15) is 14.0 Å². The number of amides is 1. The van der Waals surface area contributed by atoms with E-state index in [-0.39, 0.29) is 24.0 Å². The average Bonchev–Trinajstić information content (AvgIpc) is 2.87. The highest BCUT2D eigenvalue weighted by Gasteiger charge is 2.10. The fourth-order valence-electron chi connectivity index (χ4n) is 1.72. The van der Waals surface area contributed by atoms with Crippen LogP contribution in [0.3, 0.4) is 0 Å². The fraction of sp³-hybridized carbons (Fsp3) is 0.231. The summed E-state index contributed by atoms with van der Waals surface area (Å²) < 4.78 is 14.1. The number of halogens is 1. The maximum Gasteiger partial charge on any atom is 0.358 e. The summed E-state index contributed by atoms with van der Waals surface area (Å²) in [6.45, 7) is 0.228. The van der Waals surface area contributed by atoms with Crippen molar-refractivity contribution < 1.29 is 19.1 Å². The van der Waals surface area contributed by atoms with Crippen LogP contribution in [0.5, 0.6) is 0 Å². The number of nitrogens with zero attached hydrogens (tertiary/aromatic N) is 3. The zero-order chi connectivity index (χ0) is 15.2. The predicted molar refractivity (Wildman–Crippen MR) is 70.1 cm³/mol. The summed E-state index contributed by atoms with van der Waals surface area (Å²) in [4.78, 5) is 22.2. The first-order chi connectivity index (χ1) is 10.0. The summed E-state index contributed by atoms with van der Waals surface area (Å²) in [5, 5.41) is 18.2. The number of aromatic nitrogens is 3. The molecule has 0 aliphatic rings. The molecule has 1 aromatic heterocycles. The first kappa shape index (κ1) is 14.6. The van der Waals surface area contributed by atoms with Crippen LogP contribution in [0.15, 0.2) is 30.5 Å². The Hall–Kier alpha value is -2.77. The predicted octanol–water partition coefficient (Wildman–Crippen LogP) is 0.474. The summed E-state index contributed by atoms with van der Waals surface area (Å²) in [7, 11) is 0. The van der Waals surface area contributed by atoms with Crippen LogP contribution in [-0.2, 0) is 17.8 Å². The summed E-state index contributed by atoms with van der Waals surface area (Å²) in [6, 6.07) is 6.14. The Morgan fingerprint density at radius 2 is 2.19 bits per heavy atom. The number of nitrogens with one attached hydrogen (secondary N) is 1. The van der Waals surface area contributed by atoms with Gasteiger partial charge in [-0.15, -0.1) is 5.10 Å². The van der Waals surface area contributed by atoms with Crippen LogP contribution in [0, 0.1) is 5.82 Å². The van der Waals surface area contributed by atoms with Gasteiger partial charge < -0.3 is 10.4 Å². The zero-order valence-corrected chi connectivity index (χ0v) is 11.0. The van der Waals surface area contributed by atoms with E-state index in [0.29, 0.717) is 13.0 Å². The molecule has 8 heteroatoms. The lowest BCUT2D eigenvalue weighted by Gasteiger charge is -2.05. The summed E-state index contributed by atoms with van der Waals surface area (Å²) in [5.41, 5.74) is 0.562. The molecular weight excluding hydrogens is 279 g/mol. The number of hydrogen-bond donors (Lipinski definition) is 2. The van der Waals surface area contributed by atoms with Crippen molar-refractivity contribution in [2.45, 2.75) is 13.0 Å². The Bertz CT molecular complexity index is 656. The molecule has 0 bridgehead atoms. The number of carbonyl (C=O) groups excluding carboxylic acids is 1. The molecule has 0 saturated carbocycles. The quantitative estimate of drug-likeness (QED) is 0.807. The zero-order valence-electron chi connectivity index (χ0n) is 11.0. The molecule has 0 atom stereocenters. The molecule has 2 N–H and O–H groups in total. The summed E-state index contributed by atoms with van der Waals surface area (Å²) in [5.74, 6) is -1.84. The van der Waals surface area contributed by atoms with Crippen molar-refractivity contribution in [1.29, 1.82) is 0 Å². The average molecular weight is 292 g/mol. The van der Waals surface area contributed by atoms with Gasteiger partial charge >= 0.3 is 5.97 Å². The van der Waals surface area contributed by atoms with E-state index in [0.717, 1.165) is 10.2 Å². The normalized spacial score (nSPS) is 10.3. The number of hydrogen-bond acceptors (Lipinski definition) is 4. The fourth-order valence-corrected chi connectivity index (χ4v) is 1.72. The Balaban J connectivity index is 1.78. The highest BCUT2D eigenvalue weighted by Crippen LogP contribution is 2.03. The molecule has 0 spiro atoms. The van der Waals surface area contributed by atoms with Crippen LogP contribution in [0.1, 0.15) is 16.1 Å². The number of carboxylic acid groups (broad SMARTS) is 1. The number of aromatic carboxylic acids is 1. The minimum Gasteiger partial charge on any atom is -0.476 e. The second-order valence-electron chi connectivity index (χ2n) is 4.34. The van der Waals surface area contributed by atoms with E-state index in [2.05, 4.69) is 15.6 Å². The molecular formula is C13H13FN4O3. The Kier molecular flexibility index (Phi) is 4.60. The molecule has 1 amide bonds. The third-order valence-corrected chi connectivity index (χ3v) is 2.69. The third-order valence-electron chi connectivity index (χ3n) is 2.69. The second-order valence-corrected chi connectivity index (χ2v) is 4.34. The van der Waals surface area contributed by atoms with Crippen molar-refractivity contribution in [1.82, 2.24) is 20.3 Å². The molecule has 1 heterocycles. The molecule has 0 unspecified atom stereocenters. The van der Waals surface area contributed by atoms with Crippen LogP contribution in [0.25, 0.3) is 0 Å². The monoisotopic (exact) mass is 292 g/mol. The van der Waals surface area contributed by atoms with E-state index in [4.69, 9.17) is 5.11 Å². The van der Waals surface area contributed by atoms with Crippen molar-refractivity contribution in [3.63, 3.8) is 0 Å². The highest BCUT2D eigenvalue weighted by atomic mass is 19.1. The second kappa shape index (κ2) is 6.60. The van der Waals surface area contributed by atoms with Gasteiger partial charge in [0.2, 0.25) is 5.91 Å². The van der Waals surface area contributed by atoms with Gasteiger partial charge in [0.25, 0.3) is 0 Å². The van der Waals surface area contributed by atoms with Crippen LogP contribution >= 0.6 is 0 Å². The SMILES string of the molecule is O=C(Cn1cc(C(=O)O)nn1)NCCc1cccc(F)c1. The highest BCUT2D eigenvalue weighted by molar-refractivity contribution is 5.84. The Morgan fingerprint density at radius 3 is 2.86 bits per heavy atom. The number of carbonyl (C=O) groups is 2. The Morgan fingerprint density at radius 1 is 1.38 bits per heavy atom. The van der Waals surface area contributed by atoms with Gasteiger partial charge in [0, 0.05) is 6.54 Å². The van der Waals surface area contributed by atoms with Gasteiger partial charge in [-0.2, -0.15) is 0 Å². The van der Waals surface area contributed by atoms with Crippen LogP contribution < -0.4 is 5.32 Å². The topological polar surface area (TPSA) is 97.1 Å². The van der Waals surface area contributed by atoms with Gasteiger partial charge in [0.05, 0.1) is 6.20 Å². The lowest BCUT2D eigenvalue weighted by atomic mass is 10.1. The summed E-state index contributed by atoms with van der Waals surface area (Å²) >= 11 is 0. The van der Waals surface area contributed by atoms with Crippen molar-refractivity contribution in [2.24, 2.45) is 0 Å². The molecule has 0 aliphatic carbocycles. The van der Waals surface area contributed by atoms with Gasteiger partial charge in [-0.3, -0.25) is 4.79 Å². The van der Waals surface area contributed by atoms with E-state index in [1.54, 1.807) is 12.1 Å². The number of rotatable bonds is 6. The minimum absolute atomic E-state index is 0.122. The molecule has 1 aromatic carbocycles. The van der Waals surface area contributed by atoms with E-state index < -0.39 is 5.97 Å². The lowest BCUT2D eigenvalue weighted by molar-refractivity contribution is -0.121. The van der Waals surface area contributed by atoms with Gasteiger partial charge in [-0.05, 0) is 24.1 Å². The third kappa shape index (κ3) is 4.37. The van der Waals surface area contributed by atoms with Crippen molar-refractivity contribution in [2.75, 3.05) is 6.54 Å². The molecule has 0 saturated heterocycles. The minimum atomic E-state index is -1.20. The lowest BCUT2D eigenvalue weighted by Crippen LogP contribution is -2.29. The van der Waals surface area contributed by atoms with Crippen LogP contribution in [-0.4, -0.2) is 38.5 Å². The smallest absolute Gasteiger partial charge is 0.358 e. The molecule has 7 nitrogen and oxygen atoms in total. The number of carboxylic acids is 1. The van der Waals surface area contributed by atoms with Crippen LogP contribution in [0.4, 0.5) is 4.39 Å². The molecule has 2 rings (SSSR count). The maximum absolute atomic E-state index is 13.0. The standard InChI is InChI=1S/C13H13FN4O3/c14-10-3-1-2-9(6-10)4-5-15-12(19)8-18-7-11(13(20)21)16-17-18/h1-3,6-7H,4-5,8H2,(H,15,19)(H,20,21). The van der Waals surface area contributed by atoms with Crippen molar-refractivity contribution in [3.05, 3.63) is 47.5 Å².